The van der Waals surface area contributed by atoms with Crippen LogP contribution in [0.5, 0.6) is 0 Å². The Morgan fingerprint density at radius 2 is 1.89 bits per heavy atom. The van der Waals surface area contributed by atoms with Crippen molar-refractivity contribution in [3.63, 3.8) is 0 Å². The summed E-state index contributed by atoms with van der Waals surface area (Å²) in [5.41, 5.74) is 4.08. The Balaban J connectivity index is 2.70. The van der Waals surface area contributed by atoms with Crippen molar-refractivity contribution >= 4 is 14.8 Å². The molecular weight excluding hydrogens is 348 g/mol. The normalized spacial score (nSPS) is 32.2. The summed E-state index contributed by atoms with van der Waals surface area (Å²) in [5, 5.41) is 0. The Morgan fingerprint density at radius 3 is 2.41 bits per heavy atom. The summed E-state index contributed by atoms with van der Waals surface area (Å²) in [6.45, 7) is 20.1. The topological polar surface area (TPSA) is 26.3 Å². The fourth-order valence-corrected chi connectivity index (χ4v) is 6.50. The van der Waals surface area contributed by atoms with E-state index in [-0.39, 0.29) is 22.7 Å². The molecule has 2 aliphatic rings. The van der Waals surface area contributed by atoms with Gasteiger partial charge in [-0.3, -0.25) is 4.79 Å². The highest BCUT2D eigenvalue weighted by molar-refractivity contribution is 6.48. The molecule has 0 bridgehead atoms. The second kappa shape index (κ2) is 7.85. The van der Waals surface area contributed by atoms with Crippen molar-refractivity contribution in [2.75, 3.05) is 0 Å². The van der Waals surface area contributed by atoms with Gasteiger partial charge in [-0.25, -0.2) is 0 Å². The van der Waals surface area contributed by atoms with Gasteiger partial charge in [-0.05, 0) is 60.4 Å². The monoisotopic (exact) mass is 388 g/mol. The molecule has 0 N–H and O–H groups in total. The van der Waals surface area contributed by atoms with Crippen LogP contribution in [0.25, 0.3) is 0 Å². The number of carbonyl (C=O) groups excluding carboxylic acids is 1. The van der Waals surface area contributed by atoms with Gasteiger partial charge in [0.25, 0.3) is 0 Å². The van der Waals surface area contributed by atoms with E-state index < -0.39 is 14.6 Å². The largest absolute Gasteiger partial charge is 0.410 e. The average molecular weight is 389 g/mol. The van der Waals surface area contributed by atoms with Gasteiger partial charge < -0.3 is 4.43 Å². The minimum atomic E-state index is -1.39. The van der Waals surface area contributed by atoms with E-state index in [1.54, 1.807) is 0 Å². The van der Waals surface area contributed by atoms with Crippen LogP contribution in [0.2, 0.25) is 13.1 Å². The lowest BCUT2D eigenvalue weighted by Gasteiger charge is -2.50. The maximum Gasteiger partial charge on any atom is 0.172 e. The summed E-state index contributed by atoms with van der Waals surface area (Å²) in [4.78, 5) is 13.3. The highest BCUT2D eigenvalue weighted by Gasteiger charge is 2.63. The van der Waals surface area contributed by atoms with Crippen LogP contribution in [0, 0.1) is 28.6 Å². The Labute approximate surface area is 168 Å². The van der Waals surface area contributed by atoms with Crippen molar-refractivity contribution in [3.05, 3.63) is 29.5 Å². The molecule has 3 heteroatoms. The van der Waals surface area contributed by atoms with Gasteiger partial charge in [0.05, 0.1) is 11.5 Å². The van der Waals surface area contributed by atoms with Gasteiger partial charge in [-0.2, -0.15) is 0 Å². The number of allylic oxidation sites excluding steroid dienone is 1. The molecule has 0 heterocycles. The van der Waals surface area contributed by atoms with Gasteiger partial charge in [0.2, 0.25) is 0 Å². The van der Waals surface area contributed by atoms with E-state index in [9.17, 15) is 4.79 Å². The van der Waals surface area contributed by atoms with Crippen molar-refractivity contribution in [1.82, 2.24) is 0 Å². The molecule has 0 aromatic carbocycles. The molecule has 0 aromatic heterocycles. The smallest absolute Gasteiger partial charge is 0.172 e. The SMILES string of the molecule is CC(C)C=C=CC(C)C1(O[SiH](C)C)C(C(C)(C)C)=CC2(C)CCCC(=O)C21. The third kappa shape index (κ3) is 4.26. The molecule has 2 nitrogen and oxygen atoms in total. The maximum atomic E-state index is 13.3. The molecule has 4 unspecified atom stereocenters. The van der Waals surface area contributed by atoms with Crippen LogP contribution in [0.1, 0.15) is 67.7 Å². The van der Waals surface area contributed by atoms with E-state index in [0.29, 0.717) is 18.1 Å². The predicted octanol–water partition coefficient (Wildman–Crippen LogP) is 6.09. The minimum absolute atomic E-state index is 0.0339. The Bertz CT molecular complexity index is 660. The first kappa shape index (κ1) is 22.4. The molecule has 4 atom stereocenters. The second-order valence-corrected chi connectivity index (χ2v) is 12.9. The van der Waals surface area contributed by atoms with Gasteiger partial charge in [0, 0.05) is 12.3 Å². The summed E-state index contributed by atoms with van der Waals surface area (Å²) >= 11 is 0. The van der Waals surface area contributed by atoms with E-state index in [1.165, 1.54) is 5.57 Å². The summed E-state index contributed by atoms with van der Waals surface area (Å²) in [6.07, 6.45) is 9.45. The van der Waals surface area contributed by atoms with Gasteiger partial charge in [-0.15, -0.1) is 5.73 Å². The molecule has 27 heavy (non-hydrogen) atoms. The number of hydrogen-bond acceptors (Lipinski definition) is 2. The van der Waals surface area contributed by atoms with E-state index in [0.717, 1.165) is 12.8 Å². The summed E-state index contributed by atoms with van der Waals surface area (Å²) in [5.74, 6) is 0.895. The van der Waals surface area contributed by atoms with Crippen LogP contribution in [0.15, 0.2) is 29.5 Å². The maximum absolute atomic E-state index is 13.3. The molecule has 2 rings (SSSR count). The van der Waals surface area contributed by atoms with Crippen molar-refractivity contribution in [2.24, 2.45) is 28.6 Å². The zero-order valence-corrected chi connectivity index (χ0v) is 20.1. The number of Topliss-reactive ketones (excluding diaryl/α,β-unsaturated/α-hetero) is 1. The Morgan fingerprint density at radius 1 is 1.26 bits per heavy atom. The molecule has 0 saturated heterocycles. The molecule has 1 fully saturated rings. The lowest BCUT2D eigenvalue weighted by atomic mass is 9.60. The van der Waals surface area contributed by atoms with E-state index in [1.807, 2.05) is 0 Å². The number of ketones is 1. The highest BCUT2D eigenvalue weighted by atomic mass is 28.3. The fourth-order valence-electron chi connectivity index (χ4n) is 5.24. The average Bonchev–Trinajstić information content (AvgIpc) is 2.77. The van der Waals surface area contributed by atoms with Crippen LogP contribution in [0.4, 0.5) is 0 Å². The molecule has 0 radical (unpaired) electrons. The van der Waals surface area contributed by atoms with Gasteiger partial charge in [-0.1, -0.05) is 54.5 Å². The first-order valence-corrected chi connectivity index (χ1v) is 13.5. The first-order valence-electron chi connectivity index (χ1n) is 10.7. The predicted molar refractivity (Wildman–Crippen MR) is 117 cm³/mol. The fraction of sp³-hybridized carbons (Fsp3) is 0.750. The molecule has 0 spiro atoms. The van der Waals surface area contributed by atoms with Gasteiger partial charge in [0.1, 0.15) is 5.78 Å². The molecule has 1 saturated carbocycles. The highest BCUT2D eigenvalue weighted by Crippen LogP contribution is 2.61. The third-order valence-electron chi connectivity index (χ3n) is 6.13. The quantitative estimate of drug-likeness (QED) is 0.323. The van der Waals surface area contributed by atoms with E-state index in [2.05, 4.69) is 85.5 Å². The summed E-state index contributed by atoms with van der Waals surface area (Å²) < 4.78 is 6.93. The van der Waals surface area contributed by atoms with Crippen LogP contribution in [0.3, 0.4) is 0 Å². The van der Waals surface area contributed by atoms with Crippen molar-refractivity contribution in [3.8, 4) is 0 Å². The zero-order chi connectivity index (χ0) is 20.6. The molecule has 0 aliphatic heterocycles. The van der Waals surface area contributed by atoms with Crippen molar-refractivity contribution in [2.45, 2.75) is 86.4 Å². The molecule has 0 aromatic rings. The summed E-state index contributed by atoms with van der Waals surface area (Å²) in [6, 6.07) is 0. The van der Waals surface area contributed by atoms with Crippen LogP contribution >= 0.6 is 0 Å². The van der Waals surface area contributed by atoms with Crippen molar-refractivity contribution < 1.29 is 9.22 Å². The molecule has 0 amide bonds. The van der Waals surface area contributed by atoms with Crippen LogP contribution < -0.4 is 0 Å². The van der Waals surface area contributed by atoms with Gasteiger partial charge >= 0.3 is 0 Å². The first-order chi connectivity index (χ1) is 12.3. The molecule has 152 valence electrons. The number of fused-ring (bicyclic) bond motifs is 1. The number of hydrogen-bond donors (Lipinski definition) is 0. The standard InChI is InChI=1S/C24H40O2Si/c1-17(2)12-10-13-18(3)24(26-27(8)9)20(22(4,5)6)16-23(7)15-11-14-19(25)21(23)24/h12-13,16-18,21,27H,11,14-15H2,1-9H3. The number of carbonyl (C=O) groups is 1. The van der Waals surface area contributed by atoms with Crippen molar-refractivity contribution in [1.29, 1.82) is 0 Å². The zero-order valence-electron chi connectivity index (χ0n) is 19.0. The van der Waals surface area contributed by atoms with E-state index >= 15 is 0 Å². The molecule has 2 aliphatic carbocycles. The summed E-state index contributed by atoms with van der Waals surface area (Å²) in [7, 11) is -1.39. The van der Waals surface area contributed by atoms with Gasteiger partial charge in [0.15, 0.2) is 9.04 Å². The molecular formula is C24H40O2Si. The van der Waals surface area contributed by atoms with Crippen LogP contribution in [-0.2, 0) is 9.22 Å². The Hall–Kier alpha value is -0.893. The lowest BCUT2D eigenvalue weighted by Crippen LogP contribution is -2.56. The lowest BCUT2D eigenvalue weighted by molar-refractivity contribution is -0.139. The Kier molecular flexibility index (Phi) is 6.51. The van der Waals surface area contributed by atoms with E-state index in [4.69, 9.17) is 4.43 Å². The third-order valence-corrected chi connectivity index (χ3v) is 7.00. The second-order valence-electron chi connectivity index (χ2n) is 10.6. The van der Waals surface area contributed by atoms with Crippen LogP contribution in [-0.4, -0.2) is 20.4 Å². The minimum Gasteiger partial charge on any atom is -0.410 e. The number of rotatable bonds is 5.